The lowest BCUT2D eigenvalue weighted by Crippen LogP contribution is -2.07. The average molecular weight is 232 g/mol. The summed E-state index contributed by atoms with van der Waals surface area (Å²) in [7, 11) is 0. The van der Waals surface area contributed by atoms with E-state index in [1.807, 2.05) is 48.7 Å². The molecule has 82 valence electrons. The maximum Gasteiger partial charge on any atom is 0.321 e. The van der Waals surface area contributed by atoms with Crippen molar-refractivity contribution in [1.29, 1.82) is 0 Å². The third-order valence-corrected chi connectivity index (χ3v) is 3.48. The van der Waals surface area contributed by atoms with Gasteiger partial charge in [0.15, 0.2) is 0 Å². The quantitative estimate of drug-likeness (QED) is 0.882. The van der Waals surface area contributed by atoms with Crippen LogP contribution in [0.1, 0.15) is 10.8 Å². The molecule has 1 atom stereocenters. The van der Waals surface area contributed by atoms with Crippen molar-refractivity contribution in [3.8, 4) is 0 Å². The Morgan fingerprint density at radius 3 is 2.50 bits per heavy atom. The van der Waals surface area contributed by atoms with Crippen molar-refractivity contribution in [2.45, 2.75) is 5.25 Å². The molecule has 2 rings (SSSR count). The molecule has 0 spiro atoms. The summed E-state index contributed by atoms with van der Waals surface area (Å²) in [5.74, 6) is -0.789. The van der Waals surface area contributed by atoms with Crippen molar-refractivity contribution in [3.05, 3.63) is 48.0 Å². The van der Waals surface area contributed by atoms with E-state index in [1.54, 1.807) is 0 Å². The average Bonchev–Trinajstić information content (AvgIpc) is 2.29. The van der Waals surface area contributed by atoms with E-state index >= 15 is 0 Å². The van der Waals surface area contributed by atoms with Crippen LogP contribution < -0.4 is 0 Å². The zero-order chi connectivity index (χ0) is 11.5. The van der Waals surface area contributed by atoms with Crippen molar-refractivity contribution in [3.63, 3.8) is 0 Å². The molecule has 0 aliphatic carbocycles. The lowest BCUT2D eigenvalue weighted by Gasteiger charge is -2.10. The van der Waals surface area contributed by atoms with Gasteiger partial charge in [-0.2, -0.15) is 0 Å². The maximum atomic E-state index is 11.0. The highest BCUT2D eigenvalue weighted by atomic mass is 32.2. The summed E-state index contributed by atoms with van der Waals surface area (Å²) in [6.07, 6.45) is 1.81. The Bertz CT molecular complexity index is 522. The van der Waals surface area contributed by atoms with Crippen LogP contribution in [0.5, 0.6) is 0 Å². The smallest absolute Gasteiger partial charge is 0.321 e. The van der Waals surface area contributed by atoms with Gasteiger partial charge < -0.3 is 5.11 Å². The van der Waals surface area contributed by atoms with Crippen LogP contribution in [-0.4, -0.2) is 17.3 Å². The molecule has 0 aliphatic rings. The Balaban J connectivity index is 2.49. The fraction of sp³-hybridized carbons (Fsp3) is 0.154. The van der Waals surface area contributed by atoms with Crippen LogP contribution in [0.2, 0.25) is 0 Å². The van der Waals surface area contributed by atoms with Crippen LogP contribution >= 0.6 is 11.8 Å². The van der Waals surface area contributed by atoms with Crippen molar-refractivity contribution < 1.29 is 9.90 Å². The predicted molar refractivity (Wildman–Crippen MR) is 67.8 cm³/mol. The Labute approximate surface area is 98.3 Å². The number of thioether (sulfide) groups is 1. The van der Waals surface area contributed by atoms with Crippen LogP contribution in [0.3, 0.4) is 0 Å². The highest BCUT2D eigenvalue weighted by Gasteiger charge is 2.18. The van der Waals surface area contributed by atoms with Gasteiger partial charge in [0.05, 0.1) is 0 Å². The summed E-state index contributed by atoms with van der Waals surface area (Å²) in [5, 5.41) is 10.8. The van der Waals surface area contributed by atoms with Gasteiger partial charge in [-0.15, -0.1) is 11.8 Å². The molecule has 3 heteroatoms. The van der Waals surface area contributed by atoms with Gasteiger partial charge in [-0.1, -0.05) is 36.4 Å². The molecule has 16 heavy (non-hydrogen) atoms. The predicted octanol–water partition coefficient (Wildman–Crippen LogP) is 3.33. The van der Waals surface area contributed by atoms with E-state index < -0.39 is 11.2 Å². The fourth-order valence-electron chi connectivity index (χ4n) is 1.75. The van der Waals surface area contributed by atoms with Gasteiger partial charge >= 0.3 is 5.97 Å². The van der Waals surface area contributed by atoms with E-state index in [0.717, 1.165) is 16.3 Å². The molecule has 2 aromatic rings. The van der Waals surface area contributed by atoms with Gasteiger partial charge in [-0.3, -0.25) is 4.79 Å². The standard InChI is InChI=1S/C13H12O2S/c1-16-12(13(14)15)11-7-6-9-4-2-3-5-10(9)8-11/h2-8,12H,1H3,(H,14,15). The molecule has 0 bridgehead atoms. The highest BCUT2D eigenvalue weighted by Crippen LogP contribution is 2.29. The minimum atomic E-state index is -0.789. The number of hydrogen-bond donors (Lipinski definition) is 1. The first-order valence-corrected chi connectivity index (χ1v) is 6.25. The van der Waals surface area contributed by atoms with Crippen molar-refractivity contribution in [2.75, 3.05) is 6.26 Å². The van der Waals surface area contributed by atoms with Crippen molar-refractivity contribution in [1.82, 2.24) is 0 Å². The van der Waals surface area contributed by atoms with E-state index in [1.165, 1.54) is 11.8 Å². The summed E-state index contributed by atoms with van der Waals surface area (Å²) in [6, 6.07) is 13.8. The molecular weight excluding hydrogens is 220 g/mol. The van der Waals surface area contributed by atoms with Gasteiger partial charge in [0.25, 0.3) is 0 Å². The van der Waals surface area contributed by atoms with Crippen LogP contribution in [0.4, 0.5) is 0 Å². The molecule has 0 heterocycles. The number of benzene rings is 2. The topological polar surface area (TPSA) is 37.3 Å². The number of aliphatic carboxylic acids is 1. The number of carboxylic acids is 1. The van der Waals surface area contributed by atoms with E-state index in [9.17, 15) is 4.79 Å². The van der Waals surface area contributed by atoms with E-state index in [2.05, 4.69) is 0 Å². The van der Waals surface area contributed by atoms with Crippen LogP contribution in [0.25, 0.3) is 10.8 Å². The van der Waals surface area contributed by atoms with Crippen LogP contribution in [-0.2, 0) is 4.79 Å². The first-order valence-electron chi connectivity index (χ1n) is 4.96. The third-order valence-electron chi connectivity index (χ3n) is 2.54. The molecule has 2 nitrogen and oxygen atoms in total. The number of carboxylic acid groups (broad SMARTS) is 1. The van der Waals surface area contributed by atoms with E-state index in [0.29, 0.717) is 0 Å². The molecule has 0 saturated heterocycles. The molecule has 2 aromatic carbocycles. The molecule has 0 amide bonds. The maximum absolute atomic E-state index is 11.0. The summed E-state index contributed by atoms with van der Waals surface area (Å²) < 4.78 is 0. The molecule has 0 radical (unpaired) electrons. The Kier molecular flexibility index (Phi) is 3.15. The zero-order valence-electron chi connectivity index (χ0n) is 8.88. The number of carbonyl (C=O) groups is 1. The van der Waals surface area contributed by atoms with Gasteiger partial charge in [0.1, 0.15) is 5.25 Å². The highest BCUT2D eigenvalue weighted by molar-refractivity contribution is 7.99. The molecule has 0 aromatic heterocycles. The monoisotopic (exact) mass is 232 g/mol. The normalized spacial score (nSPS) is 12.6. The second-order valence-electron chi connectivity index (χ2n) is 3.56. The number of fused-ring (bicyclic) bond motifs is 1. The largest absolute Gasteiger partial charge is 0.480 e. The Hall–Kier alpha value is -1.48. The molecule has 0 aliphatic heterocycles. The van der Waals surface area contributed by atoms with Crippen molar-refractivity contribution in [2.24, 2.45) is 0 Å². The first-order chi connectivity index (χ1) is 7.72. The summed E-state index contributed by atoms with van der Waals surface area (Å²) in [5.41, 5.74) is 0.846. The number of hydrogen-bond acceptors (Lipinski definition) is 2. The second-order valence-corrected chi connectivity index (χ2v) is 4.50. The summed E-state index contributed by atoms with van der Waals surface area (Å²) in [6.45, 7) is 0. The van der Waals surface area contributed by atoms with E-state index in [-0.39, 0.29) is 0 Å². The SMILES string of the molecule is CSC(C(=O)O)c1ccc2ccccc2c1. The van der Waals surface area contributed by atoms with Crippen molar-refractivity contribution >= 4 is 28.5 Å². The zero-order valence-corrected chi connectivity index (χ0v) is 9.70. The minimum Gasteiger partial charge on any atom is -0.480 e. The molecule has 1 N–H and O–H groups in total. The Morgan fingerprint density at radius 1 is 1.19 bits per heavy atom. The van der Waals surface area contributed by atoms with Gasteiger partial charge in [0, 0.05) is 0 Å². The Morgan fingerprint density at radius 2 is 1.88 bits per heavy atom. The van der Waals surface area contributed by atoms with Gasteiger partial charge in [0.2, 0.25) is 0 Å². The molecule has 1 unspecified atom stereocenters. The second kappa shape index (κ2) is 4.58. The molecule has 0 saturated carbocycles. The van der Waals surface area contributed by atoms with E-state index in [4.69, 9.17) is 5.11 Å². The van der Waals surface area contributed by atoms with Gasteiger partial charge in [-0.25, -0.2) is 0 Å². The van der Waals surface area contributed by atoms with Gasteiger partial charge in [-0.05, 0) is 28.7 Å². The lowest BCUT2D eigenvalue weighted by atomic mass is 10.1. The molecular formula is C13H12O2S. The fourth-order valence-corrected chi connectivity index (χ4v) is 2.37. The first kappa shape index (κ1) is 11.0. The molecule has 0 fully saturated rings. The summed E-state index contributed by atoms with van der Waals surface area (Å²) >= 11 is 1.34. The third kappa shape index (κ3) is 2.04. The lowest BCUT2D eigenvalue weighted by molar-refractivity contribution is -0.136. The van der Waals surface area contributed by atoms with Crippen LogP contribution in [0, 0.1) is 0 Å². The van der Waals surface area contributed by atoms with Crippen LogP contribution in [0.15, 0.2) is 42.5 Å². The number of rotatable bonds is 3. The summed E-state index contributed by atoms with van der Waals surface area (Å²) in [4.78, 5) is 11.0. The minimum absolute atomic E-state index is 0.482.